The lowest BCUT2D eigenvalue weighted by Gasteiger charge is -2.20. The van der Waals surface area contributed by atoms with E-state index in [1.165, 1.54) is 12.1 Å². The van der Waals surface area contributed by atoms with Gasteiger partial charge in [-0.05, 0) is 18.9 Å². The highest BCUT2D eigenvalue weighted by atomic mass is 35.5. The van der Waals surface area contributed by atoms with Gasteiger partial charge in [-0.3, -0.25) is 14.9 Å². The van der Waals surface area contributed by atoms with E-state index in [1.807, 2.05) is 0 Å². The molecule has 1 N–H and O–H groups in total. The Balaban J connectivity index is 1.99. The zero-order valence-corrected chi connectivity index (χ0v) is 11.7. The van der Waals surface area contributed by atoms with Gasteiger partial charge in [0.05, 0.1) is 15.6 Å². The van der Waals surface area contributed by atoms with Gasteiger partial charge < -0.3 is 5.32 Å². The van der Waals surface area contributed by atoms with Crippen molar-refractivity contribution in [2.45, 2.75) is 31.2 Å². The molecular weight excluding hydrogens is 298 g/mol. The van der Waals surface area contributed by atoms with Gasteiger partial charge in [0, 0.05) is 12.1 Å². The van der Waals surface area contributed by atoms with Gasteiger partial charge in [-0.25, -0.2) is 9.69 Å². The number of carbonyl (C=O) groups excluding carboxylic acids is 2. The first-order chi connectivity index (χ1) is 9.94. The van der Waals surface area contributed by atoms with Crippen LogP contribution in [0.3, 0.4) is 0 Å². The molecule has 0 unspecified atom stereocenters. The van der Waals surface area contributed by atoms with Crippen LogP contribution in [0, 0.1) is 10.1 Å². The molecule has 1 heterocycles. The molecule has 1 aromatic rings. The Morgan fingerprint density at radius 1 is 1.29 bits per heavy atom. The standard InChI is InChI=1S/C13H12ClN3O4/c14-9-7-8(17(20)21)3-4-10(9)16-11(18)13(15-12(16)19)5-1-2-6-13/h3-4,7H,1-2,5-6H2,(H,15,19). The number of anilines is 1. The van der Waals surface area contributed by atoms with E-state index in [4.69, 9.17) is 11.6 Å². The first-order valence-electron chi connectivity index (χ1n) is 6.55. The normalized spacial score (nSPS) is 20.1. The predicted molar refractivity (Wildman–Crippen MR) is 75.3 cm³/mol. The summed E-state index contributed by atoms with van der Waals surface area (Å²) in [7, 11) is 0. The third-order valence-corrected chi connectivity index (χ3v) is 4.30. The fourth-order valence-corrected chi connectivity index (χ4v) is 3.21. The monoisotopic (exact) mass is 309 g/mol. The van der Waals surface area contributed by atoms with Gasteiger partial charge in [-0.2, -0.15) is 0 Å². The molecule has 0 aromatic heterocycles. The maximum absolute atomic E-state index is 12.6. The van der Waals surface area contributed by atoms with Crippen LogP contribution in [0.5, 0.6) is 0 Å². The molecule has 1 saturated carbocycles. The van der Waals surface area contributed by atoms with Crippen LogP contribution in [0.2, 0.25) is 5.02 Å². The number of rotatable bonds is 2. The fourth-order valence-electron chi connectivity index (χ4n) is 2.95. The average Bonchev–Trinajstić information content (AvgIpc) is 2.98. The van der Waals surface area contributed by atoms with Crippen molar-refractivity contribution in [3.05, 3.63) is 33.3 Å². The van der Waals surface area contributed by atoms with E-state index < -0.39 is 16.5 Å². The van der Waals surface area contributed by atoms with E-state index in [-0.39, 0.29) is 22.3 Å². The van der Waals surface area contributed by atoms with Gasteiger partial charge in [0.25, 0.3) is 11.6 Å². The molecule has 1 aromatic carbocycles. The minimum Gasteiger partial charge on any atom is -0.323 e. The lowest BCUT2D eigenvalue weighted by Crippen LogP contribution is -2.44. The third-order valence-electron chi connectivity index (χ3n) is 4.00. The molecule has 1 spiro atoms. The predicted octanol–water partition coefficient (Wildman–Crippen LogP) is 2.62. The molecule has 2 fully saturated rings. The van der Waals surface area contributed by atoms with Gasteiger partial charge >= 0.3 is 6.03 Å². The smallest absolute Gasteiger partial charge is 0.323 e. The number of urea groups is 1. The number of hydrogen-bond acceptors (Lipinski definition) is 4. The van der Waals surface area contributed by atoms with Gasteiger partial charge in [0.2, 0.25) is 0 Å². The molecule has 21 heavy (non-hydrogen) atoms. The van der Waals surface area contributed by atoms with Crippen LogP contribution < -0.4 is 10.2 Å². The second kappa shape index (κ2) is 4.70. The molecule has 0 atom stereocenters. The molecule has 1 aliphatic heterocycles. The van der Waals surface area contributed by atoms with Crippen LogP contribution in [0.15, 0.2) is 18.2 Å². The maximum Gasteiger partial charge on any atom is 0.329 e. The van der Waals surface area contributed by atoms with Gasteiger partial charge in [-0.15, -0.1) is 0 Å². The summed E-state index contributed by atoms with van der Waals surface area (Å²) in [4.78, 5) is 35.8. The minimum atomic E-state index is -0.831. The van der Waals surface area contributed by atoms with Crippen molar-refractivity contribution in [3.63, 3.8) is 0 Å². The molecule has 3 amide bonds. The number of amides is 3. The third kappa shape index (κ3) is 2.04. The summed E-state index contributed by atoms with van der Waals surface area (Å²) >= 11 is 6.00. The Hall–Kier alpha value is -2.15. The quantitative estimate of drug-likeness (QED) is 0.516. The summed E-state index contributed by atoms with van der Waals surface area (Å²) in [5.74, 6) is -0.333. The molecule has 0 radical (unpaired) electrons. The number of nitro benzene ring substituents is 1. The molecule has 110 valence electrons. The van der Waals surface area contributed by atoms with E-state index in [2.05, 4.69) is 5.32 Å². The van der Waals surface area contributed by atoms with Gasteiger partial charge in [0.15, 0.2) is 0 Å². The van der Waals surface area contributed by atoms with Gasteiger partial charge in [0.1, 0.15) is 5.54 Å². The number of benzene rings is 1. The lowest BCUT2D eigenvalue weighted by molar-refractivity contribution is -0.384. The van der Waals surface area contributed by atoms with Crippen molar-refractivity contribution in [3.8, 4) is 0 Å². The highest BCUT2D eigenvalue weighted by Gasteiger charge is 2.53. The van der Waals surface area contributed by atoms with Crippen molar-refractivity contribution in [2.75, 3.05) is 4.90 Å². The number of imide groups is 1. The SMILES string of the molecule is O=C1NC2(CCCC2)C(=O)N1c1ccc([N+](=O)[O-])cc1Cl. The van der Waals surface area contributed by atoms with Crippen LogP contribution in [-0.4, -0.2) is 22.4 Å². The molecule has 2 aliphatic rings. The Morgan fingerprint density at radius 3 is 2.52 bits per heavy atom. The van der Waals surface area contributed by atoms with E-state index in [9.17, 15) is 19.7 Å². The van der Waals surface area contributed by atoms with Crippen molar-refractivity contribution < 1.29 is 14.5 Å². The second-order valence-corrected chi connectivity index (χ2v) is 5.66. The molecule has 0 bridgehead atoms. The summed E-state index contributed by atoms with van der Waals surface area (Å²) in [5, 5.41) is 13.4. The number of nitrogens with zero attached hydrogens (tertiary/aromatic N) is 2. The van der Waals surface area contributed by atoms with Crippen LogP contribution in [0.25, 0.3) is 0 Å². The average molecular weight is 310 g/mol. The van der Waals surface area contributed by atoms with E-state index >= 15 is 0 Å². The topological polar surface area (TPSA) is 92.6 Å². The summed E-state index contributed by atoms with van der Waals surface area (Å²) in [5.41, 5.74) is -0.845. The zero-order valence-electron chi connectivity index (χ0n) is 11.0. The van der Waals surface area contributed by atoms with E-state index in [0.717, 1.165) is 23.8 Å². The summed E-state index contributed by atoms with van der Waals surface area (Å²) in [6.07, 6.45) is 2.99. The van der Waals surface area contributed by atoms with E-state index in [1.54, 1.807) is 0 Å². The molecule has 1 aliphatic carbocycles. The van der Waals surface area contributed by atoms with Crippen LogP contribution in [-0.2, 0) is 4.79 Å². The lowest BCUT2D eigenvalue weighted by atomic mass is 9.98. The first-order valence-corrected chi connectivity index (χ1v) is 6.93. The molecular formula is C13H12ClN3O4. The molecule has 7 nitrogen and oxygen atoms in total. The molecule has 3 rings (SSSR count). The van der Waals surface area contributed by atoms with Crippen molar-refractivity contribution in [2.24, 2.45) is 0 Å². The minimum absolute atomic E-state index is 0.00254. The van der Waals surface area contributed by atoms with E-state index in [0.29, 0.717) is 12.8 Å². The largest absolute Gasteiger partial charge is 0.329 e. The van der Waals surface area contributed by atoms with Crippen LogP contribution in [0.4, 0.5) is 16.2 Å². The fraction of sp³-hybridized carbons (Fsp3) is 0.385. The second-order valence-electron chi connectivity index (χ2n) is 5.25. The Labute approximate surface area is 125 Å². The number of carbonyl (C=O) groups is 2. The Bertz CT molecular complexity index is 655. The summed E-state index contributed by atoms with van der Waals surface area (Å²) in [6.45, 7) is 0. The number of nitrogens with one attached hydrogen (secondary N) is 1. The van der Waals surface area contributed by atoms with Crippen LogP contribution in [0.1, 0.15) is 25.7 Å². The van der Waals surface area contributed by atoms with Crippen molar-refractivity contribution >= 4 is 34.9 Å². The number of nitro groups is 1. The zero-order chi connectivity index (χ0) is 15.2. The van der Waals surface area contributed by atoms with Gasteiger partial charge in [-0.1, -0.05) is 24.4 Å². The maximum atomic E-state index is 12.6. The van der Waals surface area contributed by atoms with Crippen molar-refractivity contribution in [1.29, 1.82) is 0 Å². The number of halogens is 1. The first kappa shape index (κ1) is 13.8. The molecule has 1 saturated heterocycles. The van der Waals surface area contributed by atoms with Crippen molar-refractivity contribution in [1.82, 2.24) is 5.32 Å². The highest BCUT2D eigenvalue weighted by Crippen LogP contribution is 2.39. The number of hydrogen-bond donors (Lipinski definition) is 1. The Morgan fingerprint density at radius 2 is 1.95 bits per heavy atom. The van der Waals surface area contributed by atoms with Crippen LogP contribution >= 0.6 is 11.6 Å². The number of non-ortho nitro benzene ring substituents is 1. The Kier molecular flexibility index (Phi) is 3.09. The summed E-state index contributed by atoms with van der Waals surface area (Å²) < 4.78 is 0. The highest BCUT2D eigenvalue weighted by molar-refractivity contribution is 6.36. The molecule has 8 heteroatoms. The summed E-state index contributed by atoms with van der Waals surface area (Å²) in [6, 6.07) is 3.15.